The van der Waals surface area contributed by atoms with E-state index in [1.54, 1.807) is 61.7 Å². The van der Waals surface area contributed by atoms with Crippen molar-refractivity contribution < 1.29 is 14.3 Å². The number of ether oxygens (including phenoxy) is 1. The number of hydrogen-bond donors (Lipinski definition) is 2. The molecule has 2 aromatic carbocycles. The summed E-state index contributed by atoms with van der Waals surface area (Å²) in [4.78, 5) is 25.1. The second-order valence-electron chi connectivity index (χ2n) is 5.19. The van der Waals surface area contributed by atoms with Crippen molar-refractivity contribution in [2.24, 2.45) is 0 Å². The van der Waals surface area contributed by atoms with Crippen molar-refractivity contribution in [3.05, 3.63) is 76.5 Å². The quantitative estimate of drug-likeness (QED) is 0.721. The summed E-state index contributed by atoms with van der Waals surface area (Å²) < 4.78 is 5.09. The van der Waals surface area contributed by atoms with Gasteiger partial charge in [0.05, 0.1) is 12.0 Å². The third kappa shape index (κ3) is 4.24. The number of thiophene rings is 1. The molecule has 1 aromatic heterocycles. The molecule has 2 N–H and O–H groups in total. The summed E-state index contributed by atoms with van der Waals surface area (Å²) >= 11 is 1.36. The number of rotatable bonds is 5. The van der Waals surface area contributed by atoms with Gasteiger partial charge in [-0.05, 0) is 53.9 Å². The Bertz CT molecular complexity index is 874. The SMILES string of the molecule is COc1ccc(NC(=O)c2cccc(NC(=O)c3cccs3)c2)cc1. The van der Waals surface area contributed by atoms with Crippen LogP contribution in [0.2, 0.25) is 0 Å². The Morgan fingerprint density at radius 2 is 1.64 bits per heavy atom. The summed E-state index contributed by atoms with van der Waals surface area (Å²) in [5.74, 6) is 0.274. The van der Waals surface area contributed by atoms with Crippen LogP contribution in [0, 0.1) is 0 Å². The topological polar surface area (TPSA) is 67.4 Å². The van der Waals surface area contributed by atoms with Crippen LogP contribution in [-0.4, -0.2) is 18.9 Å². The van der Waals surface area contributed by atoms with E-state index >= 15 is 0 Å². The Balaban J connectivity index is 1.69. The summed E-state index contributed by atoms with van der Waals surface area (Å²) in [5, 5.41) is 7.45. The Labute approximate surface area is 149 Å². The minimum absolute atomic E-state index is 0.192. The van der Waals surface area contributed by atoms with Crippen molar-refractivity contribution in [2.75, 3.05) is 17.7 Å². The molecule has 0 saturated heterocycles. The van der Waals surface area contributed by atoms with Gasteiger partial charge in [0.25, 0.3) is 11.8 Å². The number of methoxy groups -OCH3 is 1. The lowest BCUT2D eigenvalue weighted by molar-refractivity contribution is 0.101. The number of amides is 2. The Hall–Kier alpha value is -3.12. The molecule has 6 heteroatoms. The monoisotopic (exact) mass is 352 g/mol. The van der Waals surface area contributed by atoms with E-state index in [0.29, 0.717) is 21.8 Å². The molecule has 3 aromatic rings. The maximum absolute atomic E-state index is 12.4. The van der Waals surface area contributed by atoms with Crippen molar-refractivity contribution in [1.29, 1.82) is 0 Å². The molecule has 1 heterocycles. The minimum Gasteiger partial charge on any atom is -0.497 e. The van der Waals surface area contributed by atoms with E-state index in [9.17, 15) is 9.59 Å². The molecule has 0 bridgehead atoms. The van der Waals surface area contributed by atoms with Gasteiger partial charge >= 0.3 is 0 Å². The normalized spacial score (nSPS) is 10.1. The molecule has 126 valence electrons. The molecule has 5 nitrogen and oxygen atoms in total. The third-order valence-corrected chi connectivity index (χ3v) is 4.34. The largest absolute Gasteiger partial charge is 0.497 e. The van der Waals surface area contributed by atoms with E-state index < -0.39 is 0 Å². The summed E-state index contributed by atoms with van der Waals surface area (Å²) in [6.07, 6.45) is 0. The van der Waals surface area contributed by atoms with E-state index in [4.69, 9.17) is 4.74 Å². The first-order chi connectivity index (χ1) is 12.2. The van der Waals surface area contributed by atoms with Crippen LogP contribution in [0.25, 0.3) is 0 Å². The van der Waals surface area contributed by atoms with E-state index in [2.05, 4.69) is 10.6 Å². The molecule has 0 saturated carbocycles. The van der Waals surface area contributed by atoms with Gasteiger partial charge in [0.2, 0.25) is 0 Å². The van der Waals surface area contributed by atoms with Crippen LogP contribution in [0.5, 0.6) is 5.75 Å². The molecule has 0 unspecified atom stereocenters. The first-order valence-electron chi connectivity index (χ1n) is 7.56. The molecule has 25 heavy (non-hydrogen) atoms. The van der Waals surface area contributed by atoms with Gasteiger partial charge in [0.15, 0.2) is 0 Å². The van der Waals surface area contributed by atoms with Crippen LogP contribution < -0.4 is 15.4 Å². The second kappa shape index (κ2) is 7.63. The standard InChI is InChI=1S/C19H16N2O3S/c1-24-16-9-7-14(8-10-16)20-18(22)13-4-2-5-15(12-13)21-19(23)17-6-3-11-25-17/h2-12H,1H3,(H,20,22)(H,21,23). The molecule has 2 amide bonds. The second-order valence-corrected chi connectivity index (χ2v) is 6.14. The highest BCUT2D eigenvalue weighted by molar-refractivity contribution is 7.12. The number of nitrogens with one attached hydrogen (secondary N) is 2. The zero-order valence-corrected chi connectivity index (χ0v) is 14.3. The summed E-state index contributed by atoms with van der Waals surface area (Å²) in [6, 6.07) is 17.4. The molecule has 0 radical (unpaired) electrons. The van der Waals surface area contributed by atoms with Gasteiger partial charge < -0.3 is 15.4 Å². The maximum Gasteiger partial charge on any atom is 0.265 e. The van der Waals surface area contributed by atoms with Crippen molar-refractivity contribution in [3.8, 4) is 5.75 Å². The maximum atomic E-state index is 12.4. The van der Waals surface area contributed by atoms with Crippen LogP contribution >= 0.6 is 11.3 Å². The summed E-state index contributed by atoms with van der Waals surface area (Å²) in [5.41, 5.74) is 1.69. The van der Waals surface area contributed by atoms with Crippen molar-refractivity contribution in [3.63, 3.8) is 0 Å². The molecule has 3 rings (SSSR count). The molecule has 0 fully saturated rings. The lowest BCUT2D eigenvalue weighted by atomic mass is 10.1. The van der Waals surface area contributed by atoms with E-state index in [1.807, 2.05) is 11.4 Å². The van der Waals surface area contributed by atoms with Gasteiger partial charge in [0, 0.05) is 16.9 Å². The van der Waals surface area contributed by atoms with Gasteiger partial charge in [-0.25, -0.2) is 0 Å². The fourth-order valence-corrected chi connectivity index (χ4v) is 2.84. The highest BCUT2D eigenvalue weighted by Gasteiger charge is 2.10. The third-order valence-electron chi connectivity index (χ3n) is 3.48. The van der Waals surface area contributed by atoms with Crippen molar-refractivity contribution >= 4 is 34.5 Å². The zero-order chi connectivity index (χ0) is 17.6. The molecule has 0 aliphatic heterocycles. The molecule has 0 spiro atoms. The lowest BCUT2D eigenvalue weighted by Crippen LogP contribution is -2.14. The molecule has 0 atom stereocenters. The number of hydrogen-bond acceptors (Lipinski definition) is 4. The van der Waals surface area contributed by atoms with Crippen LogP contribution in [-0.2, 0) is 0 Å². The Morgan fingerprint density at radius 1 is 0.880 bits per heavy atom. The smallest absolute Gasteiger partial charge is 0.265 e. The van der Waals surface area contributed by atoms with Crippen LogP contribution in [0.3, 0.4) is 0 Å². The van der Waals surface area contributed by atoms with Gasteiger partial charge in [-0.2, -0.15) is 0 Å². The van der Waals surface area contributed by atoms with E-state index in [1.165, 1.54) is 11.3 Å². The predicted octanol–water partition coefficient (Wildman–Crippen LogP) is 4.26. The molecular formula is C19H16N2O3S. The van der Waals surface area contributed by atoms with Gasteiger partial charge in [-0.15, -0.1) is 11.3 Å². The number of carbonyl (C=O) groups is 2. The van der Waals surface area contributed by atoms with Crippen LogP contribution in [0.4, 0.5) is 11.4 Å². The Kier molecular flexibility index (Phi) is 5.11. The first kappa shape index (κ1) is 16.7. The molecule has 0 aliphatic carbocycles. The minimum atomic E-state index is -0.252. The predicted molar refractivity (Wildman–Crippen MR) is 99.7 cm³/mol. The van der Waals surface area contributed by atoms with Gasteiger partial charge in [0.1, 0.15) is 5.75 Å². The Morgan fingerprint density at radius 3 is 2.32 bits per heavy atom. The van der Waals surface area contributed by atoms with Crippen molar-refractivity contribution in [1.82, 2.24) is 0 Å². The van der Waals surface area contributed by atoms with E-state index in [-0.39, 0.29) is 11.8 Å². The van der Waals surface area contributed by atoms with Crippen molar-refractivity contribution in [2.45, 2.75) is 0 Å². The first-order valence-corrected chi connectivity index (χ1v) is 8.44. The summed E-state index contributed by atoms with van der Waals surface area (Å²) in [6.45, 7) is 0. The van der Waals surface area contributed by atoms with Crippen LogP contribution in [0.1, 0.15) is 20.0 Å². The zero-order valence-electron chi connectivity index (χ0n) is 13.5. The average Bonchev–Trinajstić information content (AvgIpc) is 3.17. The molecular weight excluding hydrogens is 336 g/mol. The number of benzene rings is 2. The highest BCUT2D eigenvalue weighted by atomic mass is 32.1. The van der Waals surface area contributed by atoms with Gasteiger partial charge in [-0.1, -0.05) is 12.1 Å². The summed E-state index contributed by atoms with van der Waals surface area (Å²) in [7, 11) is 1.59. The fourth-order valence-electron chi connectivity index (χ4n) is 2.22. The number of carbonyl (C=O) groups excluding carboxylic acids is 2. The molecule has 0 aliphatic rings. The van der Waals surface area contributed by atoms with Crippen LogP contribution in [0.15, 0.2) is 66.0 Å². The van der Waals surface area contributed by atoms with Gasteiger partial charge in [-0.3, -0.25) is 9.59 Å². The lowest BCUT2D eigenvalue weighted by Gasteiger charge is -2.08. The number of anilines is 2. The average molecular weight is 352 g/mol. The van der Waals surface area contributed by atoms with E-state index in [0.717, 1.165) is 5.75 Å². The highest BCUT2D eigenvalue weighted by Crippen LogP contribution is 2.18. The fraction of sp³-hybridized carbons (Fsp3) is 0.0526.